The number of nitrogens with zero attached hydrogens (tertiary/aromatic N) is 1. The van der Waals surface area contributed by atoms with E-state index in [0.29, 0.717) is 22.5 Å². The van der Waals surface area contributed by atoms with Crippen LogP contribution in [0.5, 0.6) is 0 Å². The van der Waals surface area contributed by atoms with Gasteiger partial charge in [0.15, 0.2) is 0 Å². The van der Waals surface area contributed by atoms with Gasteiger partial charge in [-0.15, -0.1) is 0 Å². The molecule has 0 aliphatic heterocycles. The van der Waals surface area contributed by atoms with Crippen LogP contribution in [0.2, 0.25) is 0 Å². The lowest BCUT2D eigenvalue weighted by atomic mass is 10.1. The Kier molecular flexibility index (Phi) is 3.80. The average Bonchev–Trinajstić information content (AvgIpc) is 2.79. The number of thioether (sulfide) groups is 1. The van der Waals surface area contributed by atoms with E-state index in [2.05, 4.69) is 17.6 Å². The third kappa shape index (κ3) is 2.50. The van der Waals surface area contributed by atoms with Gasteiger partial charge in [-0.1, -0.05) is 12.5 Å². The second-order valence-electron chi connectivity index (χ2n) is 4.33. The van der Waals surface area contributed by atoms with Gasteiger partial charge in [0.05, 0.1) is 16.9 Å². The van der Waals surface area contributed by atoms with Crippen LogP contribution >= 0.6 is 11.8 Å². The normalized spacial score (nSPS) is 23.3. The predicted octanol–water partition coefficient (Wildman–Crippen LogP) is 2.84. The summed E-state index contributed by atoms with van der Waals surface area (Å²) in [6.45, 7) is 0. The summed E-state index contributed by atoms with van der Waals surface area (Å²) in [5.41, 5.74) is 7.99. The number of nitrogen functional groups attached to an aromatic ring is 1. The summed E-state index contributed by atoms with van der Waals surface area (Å²) in [4.78, 5) is 0. The SMILES string of the molecule is CSC1CCCC1Nc1cccc(C#N)c1N. The zero-order chi connectivity index (χ0) is 12.3. The van der Waals surface area contributed by atoms with Gasteiger partial charge in [0.1, 0.15) is 6.07 Å². The molecular weight excluding hydrogens is 230 g/mol. The zero-order valence-corrected chi connectivity index (χ0v) is 10.8. The van der Waals surface area contributed by atoms with Gasteiger partial charge in [-0.3, -0.25) is 0 Å². The third-order valence-corrected chi connectivity index (χ3v) is 4.49. The Bertz CT molecular complexity index is 439. The van der Waals surface area contributed by atoms with E-state index in [4.69, 9.17) is 11.0 Å². The summed E-state index contributed by atoms with van der Waals surface area (Å²) in [5.74, 6) is 0. The fourth-order valence-electron chi connectivity index (χ4n) is 2.36. The Morgan fingerprint density at radius 3 is 3.00 bits per heavy atom. The van der Waals surface area contributed by atoms with Crippen molar-refractivity contribution < 1.29 is 0 Å². The molecule has 2 atom stereocenters. The first-order chi connectivity index (χ1) is 8.26. The fourth-order valence-corrected chi connectivity index (χ4v) is 3.30. The Hall–Kier alpha value is -1.34. The first kappa shape index (κ1) is 12.1. The summed E-state index contributed by atoms with van der Waals surface area (Å²) in [5, 5.41) is 13.1. The first-order valence-corrected chi connectivity index (χ1v) is 7.13. The molecule has 0 radical (unpaired) electrons. The molecule has 1 aliphatic rings. The van der Waals surface area contributed by atoms with Crippen molar-refractivity contribution in [1.82, 2.24) is 0 Å². The number of hydrogen-bond donors (Lipinski definition) is 2. The third-order valence-electron chi connectivity index (χ3n) is 3.32. The lowest BCUT2D eigenvalue weighted by Gasteiger charge is -2.21. The minimum Gasteiger partial charge on any atom is -0.396 e. The maximum absolute atomic E-state index is 8.94. The van der Waals surface area contributed by atoms with Crippen LogP contribution in [-0.2, 0) is 0 Å². The van der Waals surface area contributed by atoms with Crippen molar-refractivity contribution in [3.05, 3.63) is 23.8 Å². The summed E-state index contributed by atoms with van der Waals surface area (Å²) < 4.78 is 0. The highest BCUT2D eigenvalue weighted by Gasteiger charge is 2.26. The lowest BCUT2D eigenvalue weighted by Crippen LogP contribution is -2.26. The van der Waals surface area contributed by atoms with Crippen LogP contribution < -0.4 is 11.1 Å². The van der Waals surface area contributed by atoms with Gasteiger partial charge in [-0.25, -0.2) is 0 Å². The molecule has 17 heavy (non-hydrogen) atoms. The molecule has 0 heterocycles. The molecule has 0 amide bonds. The zero-order valence-electron chi connectivity index (χ0n) is 9.94. The smallest absolute Gasteiger partial charge is 0.101 e. The molecule has 1 fully saturated rings. The summed E-state index contributed by atoms with van der Waals surface area (Å²) >= 11 is 1.91. The van der Waals surface area contributed by atoms with Crippen LogP contribution in [-0.4, -0.2) is 17.5 Å². The van der Waals surface area contributed by atoms with Crippen molar-refractivity contribution in [1.29, 1.82) is 5.26 Å². The van der Waals surface area contributed by atoms with Crippen molar-refractivity contribution >= 4 is 23.1 Å². The number of anilines is 2. The van der Waals surface area contributed by atoms with E-state index in [1.807, 2.05) is 23.9 Å². The molecule has 3 N–H and O–H groups in total. The van der Waals surface area contributed by atoms with Crippen molar-refractivity contribution in [3.8, 4) is 6.07 Å². The van der Waals surface area contributed by atoms with Crippen LogP contribution in [0.4, 0.5) is 11.4 Å². The monoisotopic (exact) mass is 247 g/mol. The number of para-hydroxylation sites is 1. The van der Waals surface area contributed by atoms with Crippen molar-refractivity contribution in [3.63, 3.8) is 0 Å². The molecule has 4 heteroatoms. The highest BCUT2D eigenvalue weighted by atomic mass is 32.2. The molecule has 2 rings (SSSR count). The molecule has 1 aromatic carbocycles. The van der Waals surface area contributed by atoms with Crippen LogP contribution in [0.3, 0.4) is 0 Å². The number of benzene rings is 1. The van der Waals surface area contributed by atoms with E-state index < -0.39 is 0 Å². The van der Waals surface area contributed by atoms with Gasteiger partial charge >= 0.3 is 0 Å². The second-order valence-corrected chi connectivity index (χ2v) is 5.41. The van der Waals surface area contributed by atoms with Crippen molar-refractivity contribution in [2.75, 3.05) is 17.3 Å². The first-order valence-electron chi connectivity index (χ1n) is 5.84. The van der Waals surface area contributed by atoms with E-state index >= 15 is 0 Å². The lowest BCUT2D eigenvalue weighted by molar-refractivity contribution is 0.769. The largest absolute Gasteiger partial charge is 0.396 e. The van der Waals surface area contributed by atoms with E-state index in [1.165, 1.54) is 19.3 Å². The highest BCUT2D eigenvalue weighted by molar-refractivity contribution is 7.99. The van der Waals surface area contributed by atoms with Gasteiger partial charge in [0.2, 0.25) is 0 Å². The molecule has 1 aromatic rings. The summed E-state index contributed by atoms with van der Waals surface area (Å²) in [6.07, 6.45) is 5.86. The maximum atomic E-state index is 8.94. The molecule has 1 saturated carbocycles. The van der Waals surface area contributed by atoms with Crippen LogP contribution in [0.25, 0.3) is 0 Å². The van der Waals surface area contributed by atoms with Crippen LogP contribution in [0.15, 0.2) is 18.2 Å². The van der Waals surface area contributed by atoms with Gasteiger partial charge in [-0.2, -0.15) is 17.0 Å². The molecule has 2 unspecified atom stereocenters. The quantitative estimate of drug-likeness (QED) is 0.806. The highest BCUT2D eigenvalue weighted by Crippen LogP contribution is 2.32. The van der Waals surface area contributed by atoms with Gasteiger partial charge in [-0.05, 0) is 31.2 Å². The Labute approximate surface area is 106 Å². The van der Waals surface area contributed by atoms with Gasteiger partial charge in [0, 0.05) is 11.3 Å². The Morgan fingerprint density at radius 1 is 1.47 bits per heavy atom. The molecular formula is C13H17N3S. The van der Waals surface area contributed by atoms with Crippen molar-refractivity contribution in [2.45, 2.75) is 30.6 Å². The van der Waals surface area contributed by atoms with E-state index in [-0.39, 0.29) is 0 Å². The molecule has 0 aromatic heterocycles. The van der Waals surface area contributed by atoms with E-state index in [1.54, 1.807) is 6.07 Å². The molecule has 0 bridgehead atoms. The number of rotatable bonds is 3. The average molecular weight is 247 g/mol. The Balaban J connectivity index is 2.16. The van der Waals surface area contributed by atoms with Gasteiger partial charge in [0.25, 0.3) is 0 Å². The summed E-state index contributed by atoms with van der Waals surface area (Å²) in [7, 11) is 0. The fraction of sp³-hybridized carbons (Fsp3) is 0.462. The Morgan fingerprint density at radius 2 is 2.29 bits per heavy atom. The van der Waals surface area contributed by atoms with Crippen molar-refractivity contribution in [2.24, 2.45) is 0 Å². The number of nitriles is 1. The van der Waals surface area contributed by atoms with Crippen LogP contribution in [0.1, 0.15) is 24.8 Å². The topological polar surface area (TPSA) is 61.8 Å². The number of nitrogens with one attached hydrogen (secondary N) is 1. The molecule has 0 spiro atoms. The number of nitrogens with two attached hydrogens (primary N) is 1. The second kappa shape index (κ2) is 5.33. The number of hydrogen-bond acceptors (Lipinski definition) is 4. The molecule has 0 saturated heterocycles. The molecule has 3 nitrogen and oxygen atoms in total. The van der Waals surface area contributed by atoms with Crippen LogP contribution in [0, 0.1) is 11.3 Å². The standard InChI is InChI=1S/C13H17N3S/c1-17-12-7-3-5-10(12)16-11-6-2-4-9(8-14)13(11)15/h2,4,6,10,12,16H,3,5,7,15H2,1H3. The predicted molar refractivity (Wildman–Crippen MR) is 74.1 cm³/mol. The minimum atomic E-state index is 0.473. The minimum absolute atomic E-state index is 0.473. The molecule has 1 aliphatic carbocycles. The molecule has 90 valence electrons. The maximum Gasteiger partial charge on any atom is 0.101 e. The van der Waals surface area contributed by atoms with Gasteiger partial charge < -0.3 is 11.1 Å². The summed E-state index contributed by atoms with van der Waals surface area (Å²) in [6, 6.07) is 8.17. The van der Waals surface area contributed by atoms with E-state index in [0.717, 1.165) is 5.69 Å². The van der Waals surface area contributed by atoms with E-state index in [9.17, 15) is 0 Å².